The minimum Gasteiger partial charge on any atom is -0.312 e. The molecule has 2 rings (SSSR count). The summed E-state index contributed by atoms with van der Waals surface area (Å²) in [5.41, 5.74) is 0.573. The van der Waals surface area contributed by atoms with Gasteiger partial charge in [-0.1, -0.05) is 25.9 Å². The summed E-state index contributed by atoms with van der Waals surface area (Å²) in [6, 6.07) is 3.57. The third-order valence-corrected chi connectivity index (χ3v) is 3.28. The fourth-order valence-corrected chi connectivity index (χ4v) is 2.29. The van der Waals surface area contributed by atoms with Gasteiger partial charge in [0.25, 0.3) is 0 Å². The van der Waals surface area contributed by atoms with Gasteiger partial charge in [-0.15, -0.1) is 0 Å². The standard InChI is InChI=1S/C14H17FN2O2/c1-14(2,3)13(18)17-7-6-11(16-19)10-8-9(15)4-5-12(10)17/h4-5,8,11H,6-7H2,1-3H3. The average Bonchev–Trinajstić information content (AvgIpc) is 2.35. The lowest BCUT2D eigenvalue weighted by Gasteiger charge is -2.35. The molecule has 0 radical (unpaired) electrons. The van der Waals surface area contributed by atoms with Gasteiger partial charge < -0.3 is 4.90 Å². The molecular formula is C14H17FN2O2. The van der Waals surface area contributed by atoms with Crippen molar-refractivity contribution in [1.29, 1.82) is 0 Å². The van der Waals surface area contributed by atoms with E-state index in [0.717, 1.165) is 0 Å². The molecule has 1 amide bonds. The van der Waals surface area contributed by atoms with Gasteiger partial charge in [-0.25, -0.2) is 4.39 Å². The Morgan fingerprint density at radius 2 is 2.11 bits per heavy atom. The summed E-state index contributed by atoms with van der Waals surface area (Å²) in [5.74, 6) is -0.456. The lowest BCUT2D eigenvalue weighted by Crippen LogP contribution is -2.43. The summed E-state index contributed by atoms with van der Waals surface area (Å²) < 4.78 is 13.3. The van der Waals surface area contributed by atoms with Gasteiger partial charge >= 0.3 is 0 Å². The number of fused-ring (bicyclic) bond motifs is 1. The molecule has 1 heterocycles. The van der Waals surface area contributed by atoms with Crippen LogP contribution in [0.3, 0.4) is 0 Å². The molecule has 1 atom stereocenters. The second kappa shape index (κ2) is 4.72. The van der Waals surface area contributed by atoms with Gasteiger partial charge in [0.05, 0.1) is 0 Å². The number of nitrogens with zero attached hydrogens (tertiary/aromatic N) is 2. The van der Waals surface area contributed by atoms with Crippen molar-refractivity contribution in [1.82, 2.24) is 0 Å². The Labute approximate surface area is 111 Å². The molecule has 19 heavy (non-hydrogen) atoms. The number of amides is 1. The zero-order chi connectivity index (χ0) is 14.2. The number of benzene rings is 1. The second-order valence-electron chi connectivity index (χ2n) is 5.82. The normalized spacial score (nSPS) is 18.9. The fraction of sp³-hybridized carbons (Fsp3) is 0.500. The molecule has 0 fully saturated rings. The predicted octanol–water partition coefficient (Wildman–Crippen LogP) is 3.42. The number of carbonyl (C=O) groups excluding carboxylic acids is 1. The molecule has 1 unspecified atom stereocenters. The van der Waals surface area contributed by atoms with Crippen LogP contribution in [0.5, 0.6) is 0 Å². The van der Waals surface area contributed by atoms with Gasteiger partial charge in [-0.3, -0.25) is 4.79 Å². The molecule has 0 bridgehead atoms. The highest BCUT2D eigenvalue weighted by Crippen LogP contribution is 2.38. The topological polar surface area (TPSA) is 49.7 Å². The number of nitroso groups, excluding NO2 is 1. The van der Waals surface area contributed by atoms with Crippen LogP contribution in [0.1, 0.15) is 38.8 Å². The van der Waals surface area contributed by atoms with E-state index in [-0.39, 0.29) is 5.91 Å². The van der Waals surface area contributed by atoms with Crippen molar-refractivity contribution in [2.24, 2.45) is 10.6 Å². The summed E-state index contributed by atoms with van der Waals surface area (Å²) in [6.45, 7) is 5.94. The lowest BCUT2D eigenvalue weighted by molar-refractivity contribution is -0.125. The van der Waals surface area contributed by atoms with Crippen LogP contribution in [0.4, 0.5) is 10.1 Å². The van der Waals surface area contributed by atoms with Crippen LogP contribution < -0.4 is 4.90 Å². The summed E-state index contributed by atoms with van der Waals surface area (Å²) >= 11 is 0. The molecule has 0 aromatic heterocycles. The van der Waals surface area contributed by atoms with Crippen LogP contribution in [-0.4, -0.2) is 12.5 Å². The number of rotatable bonds is 1. The van der Waals surface area contributed by atoms with E-state index in [0.29, 0.717) is 24.2 Å². The molecule has 1 aromatic rings. The first-order valence-corrected chi connectivity index (χ1v) is 6.28. The zero-order valence-corrected chi connectivity index (χ0v) is 11.3. The molecule has 1 aromatic carbocycles. The maximum atomic E-state index is 13.3. The Balaban J connectivity index is 2.47. The minimum atomic E-state index is -0.574. The van der Waals surface area contributed by atoms with Gasteiger partial charge in [-0.05, 0) is 24.6 Å². The first-order valence-electron chi connectivity index (χ1n) is 6.28. The maximum Gasteiger partial charge on any atom is 0.232 e. The van der Waals surface area contributed by atoms with Crippen LogP contribution in [0.15, 0.2) is 23.4 Å². The Kier molecular flexibility index (Phi) is 3.39. The summed E-state index contributed by atoms with van der Waals surface area (Å²) in [7, 11) is 0. The van der Waals surface area contributed by atoms with Gasteiger partial charge in [0.15, 0.2) is 0 Å². The summed E-state index contributed by atoms with van der Waals surface area (Å²) in [6.07, 6.45) is 0.432. The Morgan fingerprint density at radius 3 is 2.68 bits per heavy atom. The highest BCUT2D eigenvalue weighted by molar-refractivity contribution is 5.98. The molecular weight excluding hydrogens is 247 g/mol. The highest BCUT2D eigenvalue weighted by atomic mass is 19.1. The number of anilines is 1. The van der Waals surface area contributed by atoms with E-state index in [1.165, 1.54) is 12.1 Å². The van der Waals surface area contributed by atoms with Gasteiger partial charge in [0.1, 0.15) is 11.9 Å². The van der Waals surface area contributed by atoms with Crippen LogP contribution >= 0.6 is 0 Å². The number of hydrogen-bond acceptors (Lipinski definition) is 3. The molecule has 1 aliphatic rings. The van der Waals surface area contributed by atoms with E-state index < -0.39 is 17.3 Å². The molecule has 1 aliphatic heterocycles. The van der Waals surface area contributed by atoms with Crippen LogP contribution in [-0.2, 0) is 4.79 Å². The first kappa shape index (κ1) is 13.6. The Bertz CT molecular complexity index is 523. The van der Waals surface area contributed by atoms with Crippen molar-refractivity contribution in [2.45, 2.75) is 33.2 Å². The van der Waals surface area contributed by atoms with E-state index in [1.54, 1.807) is 11.0 Å². The van der Waals surface area contributed by atoms with E-state index in [2.05, 4.69) is 5.18 Å². The van der Waals surface area contributed by atoms with Crippen LogP contribution in [0.25, 0.3) is 0 Å². The largest absolute Gasteiger partial charge is 0.312 e. The van der Waals surface area contributed by atoms with Crippen molar-refractivity contribution in [3.8, 4) is 0 Å². The maximum absolute atomic E-state index is 13.3. The van der Waals surface area contributed by atoms with Crippen molar-refractivity contribution in [3.63, 3.8) is 0 Å². The van der Waals surface area contributed by atoms with E-state index >= 15 is 0 Å². The molecule has 0 saturated heterocycles. The average molecular weight is 264 g/mol. The van der Waals surface area contributed by atoms with Crippen LogP contribution in [0, 0.1) is 16.1 Å². The number of hydrogen-bond donors (Lipinski definition) is 0. The monoisotopic (exact) mass is 264 g/mol. The van der Waals surface area contributed by atoms with Crippen LogP contribution in [0.2, 0.25) is 0 Å². The van der Waals surface area contributed by atoms with Crippen molar-refractivity contribution in [3.05, 3.63) is 34.5 Å². The van der Waals surface area contributed by atoms with Gasteiger partial charge in [-0.2, -0.15) is 4.91 Å². The van der Waals surface area contributed by atoms with E-state index in [4.69, 9.17) is 0 Å². The quantitative estimate of drug-likeness (QED) is 0.730. The lowest BCUT2D eigenvalue weighted by atomic mass is 9.90. The zero-order valence-electron chi connectivity index (χ0n) is 11.3. The van der Waals surface area contributed by atoms with Crippen molar-refractivity contribution < 1.29 is 9.18 Å². The highest BCUT2D eigenvalue weighted by Gasteiger charge is 2.34. The first-order chi connectivity index (χ1) is 8.84. The summed E-state index contributed by atoms with van der Waals surface area (Å²) in [4.78, 5) is 24.8. The Morgan fingerprint density at radius 1 is 1.42 bits per heavy atom. The van der Waals surface area contributed by atoms with Crippen molar-refractivity contribution >= 4 is 11.6 Å². The Hall–Kier alpha value is -1.78. The smallest absolute Gasteiger partial charge is 0.232 e. The molecule has 0 aliphatic carbocycles. The number of carbonyl (C=O) groups is 1. The predicted molar refractivity (Wildman–Crippen MR) is 71.4 cm³/mol. The van der Waals surface area contributed by atoms with Gasteiger partial charge in [0.2, 0.25) is 5.91 Å². The molecule has 102 valence electrons. The summed E-state index contributed by atoms with van der Waals surface area (Å²) in [5, 5.41) is 3.03. The molecule has 5 heteroatoms. The second-order valence-corrected chi connectivity index (χ2v) is 5.82. The molecule has 0 saturated carbocycles. The number of halogens is 1. The third-order valence-electron chi connectivity index (χ3n) is 3.28. The third kappa shape index (κ3) is 2.50. The molecule has 0 spiro atoms. The SMILES string of the molecule is CC(C)(C)C(=O)N1CCC(N=O)c2cc(F)ccc21. The molecule has 4 nitrogen and oxygen atoms in total. The van der Waals surface area contributed by atoms with E-state index in [9.17, 15) is 14.1 Å². The van der Waals surface area contributed by atoms with Gasteiger partial charge in [0, 0.05) is 23.2 Å². The van der Waals surface area contributed by atoms with E-state index in [1.807, 2.05) is 20.8 Å². The van der Waals surface area contributed by atoms with Crippen molar-refractivity contribution in [2.75, 3.05) is 11.4 Å². The minimum absolute atomic E-state index is 0.0373. The fourth-order valence-electron chi connectivity index (χ4n) is 2.29. The molecule has 0 N–H and O–H groups in total.